The van der Waals surface area contributed by atoms with E-state index in [1.165, 1.54) is 0 Å². The number of halogens is 5. The Hall–Kier alpha value is -2.92. The molecule has 0 fully saturated rings. The van der Waals surface area contributed by atoms with Gasteiger partial charge < -0.3 is 38.3 Å². The second kappa shape index (κ2) is 21.8. The number of hydrogen-bond acceptors (Lipinski definition) is 10. The maximum atomic E-state index is 13.5. The smallest absolute Gasteiger partial charge is 0.313 e. The molecular weight excluding hydrogens is 571 g/mol. The van der Waals surface area contributed by atoms with Gasteiger partial charge in [0.05, 0.1) is 72.5 Å². The largest absolute Gasteiger partial charge is 0.481 e. The van der Waals surface area contributed by atoms with Crippen molar-refractivity contribution in [3.63, 3.8) is 0 Å². The maximum Gasteiger partial charge on any atom is 0.313 e. The first-order valence-corrected chi connectivity index (χ1v) is 12.6. The molecular formula is C25H33F5O11. The number of hydrogen-bond donors (Lipinski definition) is 1. The zero-order valence-corrected chi connectivity index (χ0v) is 22.2. The van der Waals surface area contributed by atoms with Crippen molar-refractivity contribution in [1.29, 1.82) is 0 Å². The molecule has 0 amide bonds. The van der Waals surface area contributed by atoms with Gasteiger partial charge in [0, 0.05) is 12.8 Å². The topological polar surface area (TPSA) is 136 Å². The molecule has 0 aliphatic carbocycles. The molecule has 1 aromatic rings. The van der Waals surface area contributed by atoms with Gasteiger partial charge in [-0.05, 0) is 12.8 Å². The molecule has 41 heavy (non-hydrogen) atoms. The summed E-state index contributed by atoms with van der Waals surface area (Å²) < 4.78 is 102. The predicted molar refractivity (Wildman–Crippen MR) is 128 cm³/mol. The zero-order valence-electron chi connectivity index (χ0n) is 22.2. The molecule has 1 rings (SSSR count). The van der Waals surface area contributed by atoms with Crippen LogP contribution >= 0.6 is 0 Å². The van der Waals surface area contributed by atoms with Gasteiger partial charge in [-0.3, -0.25) is 14.4 Å². The standard InChI is InChI=1S/C25H33F5O11/c26-20-21(27)23(29)25(24(30)22(20)28)41-19(34)5-6-35-7-8-36-9-10-37-11-12-38-13-14-39-15-16-40-18(33)4-2-1-3-17(31)32/h1-16H2,(H,31,32). The number of rotatable bonds is 24. The number of benzene rings is 1. The van der Waals surface area contributed by atoms with Crippen LogP contribution in [0.15, 0.2) is 0 Å². The number of esters is 2. The molecule has 0 atom stereocenters. The molecule has 0 unspecified atom stereocenters. The van der Waals surface area contributed by atoms with Gasteiger partial charge in [-0.2, -0.15) is 8.78 Å². The van der Waals surface area contributed by atoms with E-state index in [0.29, 0.717) is 39.3 Å². The minimum absolute atomic E-state index is 0.0212. The third kappa shape index (κ3) is 16.2. The van der Waals surface area contributed by atoms with E-state index in [9.17, 15) is 36.3 Å². The summed E-state index contributed by atoms with van der Waals surface area (Å²) in [5.41, 5.74) is 0. The van der Waals surface area contributed by atoms with E-state index in [-0.39, 0.29) is 59.1 Å². The van der Waals surface area contributed by atoms with E-state index in [1.807, 2.05) is 0 Å². The Morgan fingerprint density at radius 1 is 0.488 bits per heavy atom. The molecule has 0 aliphatic rings. The first-order chi connectivity index (χ1) is 19.6. The second-order valence-electron chi connectivity index (χ2n) is 8.01. The van der Waals surface area contributed by atoms with Crippen LogP contribution < -0.4 is 4.74 Å². The lowest BCUT2D eigenvalue weighted by molar-refractivity contribution is -0.146. The first-order valence-electron chi connectivity index (χ1n) is 12.6. The Labute approximate surface area is 232 Å². The lowest BCUT2D eigenvalue weighted by Crippen LogP contribution is -2.16. The quantitative estimate of drug-likeness (QED) is 0.0466. The molecule has 0 aliphatic heterocycles. The van der Waals surface area contributed by atoms with Crippen LogP contribution in [0.4, 0.5) is 22.0 Å². The van der Waals surface area contributed by atoms with Crippen LogP contribution in [0.3, 0.4) is 0 Å². The highest BCUT2D eigenvalue weighted by Crippen LogP contribution is 2.29. The number of carbonyl (C=O) groups excluding carboxylic acids is 2. The number of aliphatic carboxylic acids is 1. The van der Waals surface area contributed by atoms with E-state index in [1.54, 1.807) is 0 Å². The van der Waals surface area contributed by atoms with Gasteiger partial charge >= 0.3 is 17.9 Å². The van der Waals surface area contributed by atoms with Gasteiger partial charge in [0.2, 0.25) is 34.8 Å². The molecule has 11 nitrogen and oxygen atoms in total. The average molecular weight is 605 g/mol. The molecule has 1 aromatic carbocycles. The van der Waals surface area contributed by atoms with Crippen molar-refractivity contribution in [1.82, 2.24) is 0 Å². The SMILES string of the molecule is O=C(O)CCCCC(=O)OCCOCCOCCOCCOCCOCCC(=O)Oc1c(F)c(F)c(F)c(F)c1F. The minimum Gasteiger partial charge on any atom is -0.481 e. The van der Waals surface area contributed by atoms with E-state index in [0.717, 1.165) is 0 Å². The molecule has 0 aromatic heterocycles. The zero-order chi connectivity index (χ0) is 30.5. The predicted octanol–water partition coefficient (Wildman–Crippen LogP) is 2.95. The van der Waals surface area contributed by atoms with Crippen LogP contribution in [-0.4, -0.2) is 95.7 Å². The Morgan fingerprint density at radius 3 is 1.34 bits per heavy atom. The van der Waals surface area contributed by atoms with Gasteiger partial charge in [-0.15, -0.1) is 0 Å². The Bertz CT molecular complexity index is 920. The first kappa shape index (κ1) is 36.1. The lowest BCUT2D eigenvalue weighted by Gasteiger charge is -2.09. The fourth-order valence-corrected chi connectivity index (χ4v) is 2.81. The highest BCUT2D eigenvalue weighted by atomic mass is 19.2. The highest BCUT2D eigenvalue weighted by Gasteiger charge is 2.28. The molecule has 0 saturated carbocycles. The summed E-state index contributed by atoms with van der Waals surface area (Å²) >= 11 is 0. The summed E-state index contributed by atoms with van der Waals surface area (Å²) in [5.74, 6) is -15.5. The molecule has 0 bridgehead atoms. The maximum absolute atomic E-state index is 13.5. The molecule has 0 radical (unpaired) electrons. The summed E-state index contributed by atoms with van der Waals surface area (Å²) in [4.78, 5) is 33.4. The van der Waals surface area contributed by atoms with E-state index in [4.69, 9.17) is 33.5 Å². The van der Waals surface area contributed by atoms with E-state index in [2.05, 4.69) is 4.74 Å². The van der Waals surface area contributed by atoms with Gasteiger partial charge in [-0.1, -0.05) is 0 Å². The van der Waals surface area contributed by atoms with Crippen LogP contribution in [0, 0.1) is 29.1 Å². The molecule has 234 valence electrons. The van der Waals surface area contributed by atoms with Gasteiger partial charge in [0.25, 0.3) is 0 Å². The van der Waals surface area contributed by atoms with Crippen molar-refractivity contribution in [2.75, 3.05) is 72.7 Å². The summed E-state index contributed by atoms with van der Waals surface area (Å²) in [5, 5.41) is 8.51. The van der Waals surface area contributed by atoms with Gasteiger partial charge in [0.15, 0.2) is 0 Å². The number of unbranched alkanes of at least 4 members (excludes halogenated alkanes) is 1. The fraction of sp³-hybridized carbons (Fsp3) is 0.640. The van der Waals surface area contributed by atoms with E-state index >= 15 is 0 Å². The number of ether oxygens (including phenoxy) is 7. The Balaban J connectivity index is 1.88. The average Bonchev–Trinajstić information content (AvgIpc) is 2.94. The van der Waals surface area contributed by atoms with Gasteiger partial charge in [-0.25, -0.2) is 13.2 Å². The normalized spacial score (nSPS) is 11.0. The summed E-state index contributed by atoms with van der Waals surface area (Å²) in [6.45, 7) is 2.04. The second-order valence-corrected chi connectivity index (χ2v) is 8.01. The van der Waals surface area contributed by atoms with Crippen molar-refractivity contribution in [3.05, 3.63) is 29.1 Å². The van der Waals surface area contributed by atoms with Crippen molar-refractivity contribution >= 4 is 17.9 Å². The van der Waals surface area contributed by atoms with Crippen LogP contribution in [0.25, 0.3) is 0 Å². The summed E-state index contributed by atoms with van der Waals surface area (Å²) in [7, 11) is 0. The fourth-order valence-electron chi connectivity index (χ4n) is 2.81. The van der Waals surface area contributed by atoms with Crippen molar-refractivity contribution in [2.45, 2.75) is 32.1 Å². The number of carbonyl (C=O) groups is 3. The molecule has 0 saturated heterocycles. The minimum atomic E-state index is -2.36. The van der Waals surface area contributed by atoms with Crippen LogP contribution in [-0.2, 0) is 42.8 Å². The van der Waals surface area contributed by atoms with Crippen LogP contribution in [0.2, 0.25) is 0 Å². The van der Waals surface area contributed by atoms with Crippen molar-refractivity contribution < 1.29 is 74.6 Å². The Morgan fingerprint density at radius 2 is 0.878 bits per heavy atom. The monoisotopic (exact) mass is 604 g/mol. The van der Waals surface area contributed by atoms with Crippen molar-refractivity contribution in [2.24, 2.45) is 0 Å². The number of carboxylic acid groups (broad SMARTS) is 1. The number of carboxylic acids is 1. The Kier molecular flexibility index (Phi) is 19.2. The van der Waals surface area contributed by atoms with Crippen LogP contribution in [0.5, 0.6) is 5.75 Å². The van der Waals surface area contributed by atoms with Crippen LogP contribution in [0.1, 0.15) is 32.1 Å². The van der Waals surface area contributed by atoms with Crippen molar-refractivity contribution in [3.8, 4) is 5.75 Å². The third-order valence-electron chi connectivity index (χ3n) is 4.84. The summed E-state index contributed by atoms with van der Waals surface area (Å²) in [6.07, 6.45) is 0.559. The summed E-state index contributed by atoms with van der Waals surface area (Å²) in [6, 6.07) is 0. The molecule has 0 spiro atoms. The van der Waals surface area contributed by atoms with E-state index < -0.39 is 59.2 Å². The lowest BCUT2D eigenvalue weighted by atomic mass is 10.2. The molecule has 0 heterocycles. The van der Waals surface area contributed by atoms with Gasteiger partial charge in [0.1, 0.15) is 6.61 Å². The third-order valence-corrected chi connectivity index (χ3v) is 4.84. The highest BCUT2D eigenvalue weighted by molar-refractivity contribution is 5.72. The molecule has 16 heteroatoms. The molecule has 1 N–H and O–H groups in total.